The minimum Gasteiger partial charge on any atom is -0.272 e. The van der Waals surface area contributed by atoms with Gasteiger partial charge >= 0.3 is 5.69 Å². The molecule has 0 aliphatic rings. The number of rotatable bonds is 7. The third kappa shape index (κ3) is 4.51. The zero-order valence-corrected chi connectivity index (χ0v) is 10.5. The molecule has 0 heterocycles. The first-order chi connectivity index (χ1) is 9.06. The van der Waals surface area contributed by atoms with Crippen molar-refractivity contribution in [3.8, 4) is 0 Å². The van der Waals surface area contributed by atoms with Gasteiger partial charge in [0, 0.05) is 18.2 Å². The van der Waals surface area contributed by atoms with Gasteiger partial charge < -0.3 is 0 Å². The molecular formula is C10H11ClN4O4. The van der Waals surface area contributed by atoms with Crippen LogP contribution in [0.4, 0.5) is 17.1 Å². The molecule has 0 bridgehead atoms. The zero-order valence-electron chi connectivity index (χ0n) is 9.78. The van der Waals surface area contributed by atoms with Gasteiger partial charge in [-0.15, -0.1) is 11.6 Å². The average molecular weight is 287 g/mol. The number of anilines is 1. The van der Waals surface area contributed by atoms with Gasteiger partial charge in [-0.2, -0.15) is 5.10 Å². The van der Waals surface area contributed by atoms with Crippen molar-refractivity contribution in [2.75, 3.05) is 11.3 Å². The fourth-order valence-corrected chi connectivity index (χ4v) is 1.38. The number of nitro benzene ring substituents is 2. The molecule has 0 amide bonds. The summed E-state index contributed by atoms with van der Waals surface area (Å²) in [7, 11) is 0. The normalized spacial score (nSPS) is 10.6. The van der Waals surface area contributed by atoms with Crippen molar-refractivity contribution in [1.82, 2.24) is 0 Å². The smallest absolute Gasteiger partial charge is 0.272 e. The number of non-ortho nitro benzene ring substituents is 1. The van der Waals surface area contributed by atoms with Gasteiger partial charge in [-0.1, -0.05) is 0 Å². The lowest BCUT2D eigenvalue weighted by molar-refractivity contribution is -0.393. The van der Waals surface area contributed by atoms with Crippen LogP contribution in [0.5, 0.6) is 0 Å². The van der Waals surface area contributed by atoms with Crippen LogP contribution in [0.1, 0.15) is 12.8 Å². The van der Waals surface area contributed by atoms with E-state index in [-0.39, 0.29) is 11.4 Å². The predicted octanol–water partition coefficient (Wildman–Crippen LogP) is 2.92. The van der Waals surface area contributed by atoms with Crippen LogP contribution in [-0.2, 0) is 0 Å². The highest BCUT2D eigenvalue weighted by Gasteiger charge is 2.18. The second-order valence-electron chi connectivity index (χ2n) is 3.47. The summed E-state index contributed by atoms with van der Waals surface area (Å²) >= 11 is 5.48. The van der Waals surface area contributed by atoms with E-state index >= 15 is 0 Å². The van der Waals surface area contributed by atoms with Crippen LogP contribution in [0.25, 0.3) is 0 Å². The van der Waals surface area contributed by atoms with Gasteiger partial charge in [-0.3, -0.25) is 25.7 Å². The number of hydrogen-bond acceptors (Lipinski definition) is 6. The van der Waals surface area contributed by atoms with E-state index in [1.807, 2.05) is 0 Å². The lowest BCUT2D eigenvalue weighted by Crippen LogP contribution is -1.98. The Hall–Kier alpha value is -2.22. The Balaban J connectivity index is 2.85. The summed E-state index contributed by atoms with van der Waals surface area (Å²) in [4.78, 5) is 19.9. The molecule has 0 aromatic heterocycles. The molecule has 1 aromatic rings. The quantitative estimate of drug-likeness (QED) is 0.272. The molecule has 0 saturated carbocycles. The van der Waals surface area contributed by atoms with E-state index < -0.39 is 15.5 Å². The highest BCUT2D eigenvalue weighted by molar-refractivity contribution is 6.17. The zero-order chi connectivity index (χ0) is 14.3. The maximum absolute atomic E-state index is 10.8. The molecule has 0 fully saturated rings. The largest absolute Gasteiger partial charge is 0.301 e. The van der Waals surface area contributed by atoms with Crippen molar-refractivity contribution >= 4 is 34.9 Å². The topological polar surface area (TPSA) is 111 Å². The molecule has 0 atom stereocenters. The van der Waals surface area contributed by atoms with E-state index in [4.69, 9.17) is 11.6 Å². The molecule has 102 valence electrons. The monoisotopic (exact) mass is 286 g/mol. The van der Waals surface area contributed by atoms with Crippen LogP contribution in [-0.4, -0.2) is 21.9 Å². The first-order valence-corrected chi connectivity index (χ1v) is 5.86. The molecule has 0 unspecified atom stereocenters. The second kappa shape index (κ2) is 7.27. The molecular weight excluding hydrogens is 276 g/mol. The van der Waals surface area contributed by atoms with Gasteiger partial charge in [-0.05, 0) is 18.9 Å². The molecule has 0 radical (unpaired) electrons. The predicted molar refractivity (Wildman–Crippen MR) is 71.8 cm³/mol. The number of hydrogen-bond donors (Lipinski definition) is 1. The van der Waals surface area contributed by atoms with Crippen LogP contribution >= 0.6 is 11.6 Å². The SMILES string of the molecule is O=[N+]([O-])c1ccc(NN=CCCCCl)c([N+](=O)[O-])c1. The fraction of sp³-hybridized carbons (Fsp3) is 0.300. The van der Waals surface area contributed by atoms with E-state index in [2.05, 4.69) is 10.5 Å². The molecule has 19 heavy (non-hydrogen) atoms. The van der Waals surface area contributed by atoms with E-state index in [0.29, 0.717) is 12.3 Å². The van der Waals surface area contributed by atoms with Crippen LogP contribution in [0.2, 0.25) is 0 Å². The number of nitrogens with zero attached hydrogens (tertiary/aromatic N) is 3. The first kappa shape index (κ1) is 14.8. The van der Waals surface area contributed by atoms with E-state index in [0.717, 1.165) is 12.5 Å². The summed E-state index contributed by atoms with van der Waals surface area (Å²) in [6.07, 6.45) is 2.92. The number of nitro groups is 2. The summed E-state index contributed by atoms with van der Waals surface area (Å²) in [5, 5.41) is 25.1. The van der Waals surface area contributed by atoms with E-state index in [1.54, 1.807) is 0 Å². The Morgan fingerprint density at radius 1 is 1.32 bits per heavy atom. The molecule has 9 heteroatoms. The molecule has 0 aliphatic carbocycles. The summed E-state index contributed by atoms with van der Waals surface area (Å²) < 4.78 is 0. The number of benzene rings is 1. The Morgan fingerprint density at radius 3 is 2.63 bits per heavy atom. The lowest BCUT2D eigenvalue weighted by atomic mass is 10.2. The van der Waals surface area contributed by atoms with Gasteiger partial charge in [0.25, 0.3) is 5.69 Å². The van der Waals surface area contributed by atoms with Gasteiger partial charge in [0.2, 0.25) is 0 Å². The molecule has 1 aromatic carbocycles. The molecule has 1 N–H and O–H groups in total. The minimum atomic E-state index is -0.705. The number of hydrazone groups is 1. The maximum atomic E-state index is 10.8. The minimum absolute atomic E-state index is 0.0951. The van der Waals surface area contributed by atoms with Crippen molar-refractivity contribution in [3.63, 3.8) is 0 Å². The van der Waals surface area contributed by atoms with Gasteiger partial charge in [-0.25, -0.2) is 0 Å². The molecule has 0 spiro atoms. The summed E-state index contributed by atoms with van der Waals surface area (Å²) in [5.74, 6) is 0.504. The van der Waals surface area contributed by atoms with Crippen molar-refractivity contribution in [1.29, 1.82) is 0 Å². The average Bonchev–Trinajstić information content (AvgIpc) is 2.38. The first-order valence-electron chi connectivity index (χ1n) is 5.32. The fourth-order valence-electron chi connectivity index (χ4n) is 1.23. The Kier molecular flexibility index (Phi) is 5.68. The number of unbranched alkanes of at least 4 members (excludes halogenated alkanes) is 1. The van der Waals surface area contributed by atoms with Gasteiger partial charge in [0.15, 0.2) is 0 Å². The maximum Gasteiger partial charge on any atom is 0.301 e. The standard InChI is InChI=1S/C10H11ClN4O4/c11-5-1-2-6-12-13-9-4-3-8(14(16)17)7-10(9)15(18)19/h3-4,6-7,13H,1-2,5H2. The number of nitrogens with one attached hydrogen (secondary N) is 1. The molecule has 0 aliphatic heterocycles. The van der Waals surface area contributed by atoms with Crippen LogP contribution in [0, 0.1) is 20.2 Å². The summed E-state index contributed by atoms with van der Waals surface area (Å²) in [6, 6.07) is 3.30. The second-order valence-corrected chi connectivity index (χ2v) is 3.85. The Morgan fingerprint density at radius 2 is 2.05 bits per heavy atom. The molecule has 1 rings (SSSR count). The highest BCUT2D eigenvalue weighted by atomic mass is 35.5. The number of halogens is 1. The number of alkyl halides is 1. The Labute approximate surface area is 113 Å². The van der Waals surface area contributed by atoms with Crippen molar-refractivity contribution in [2.24, 2.45) is 5.10 Å². The summed E-state index contributed by atoms with van der Waals surface area (Å²) in [5.41, 5.74) is 1.83. The molecule has 0 saturated heterocycles. The van der Waals surface area contributed by atoms with Crippen molar-refractivity contribution in [3.05, 3.63) is 38.4 Å². The van der Waals surface area contributed by atoms with Crippen LogP contribution in [0.15, 0.2) is 23.3 Å². The van der Waals surface area contributed by atoms with Crippen molar-refractivity contribution in [2.45, 2.75) is 12.8 Å². The third-order valence-electron chi connectivity index (χ3n) is 2.13. The molecule has 8 nitrogen and oxygen atoms in total. The lowest BCUT2D eigenvalue weighted by Gasteiger charge is -2.01. The van der Waals surface area contributed by atoms with Crippen LogP contribution < -0.4 is 5.43 Å². The van der Waals surface area contributed by atoms with Crippen molar-refractivity contribution < 1.29 is 9.85 Å². The third-order valence-corrected chi connectivity index (χ3v) is 2.40. The highest BCUT2D eigenvalue weighted by Crippen LogP contribution is 2.28. The Bertz CT molecular complexity index is 506. The van der Waals surface area contributed by atoms with Gasteiger partial charge in [0.05, 0.1) is 15.9 Å². The summed E-state index contributed by atoms with van der Waals surface area (Å²) in [6.45, 7) is 0. The van der Waals surface area contributed by atoms with E-state index in [9.17, 15) is 20.2 Å². The van der Waals surface area contributed by atoms with Gasteiger partial charge in [0.1, 0.15) is 5.69 Å². The van der Waals surface area contributed by atoms with E-state index in [1.165, 1.54) is 18.3 Å². The van der Waals surface area contributed by atoms with Crippen LogP contribution in [0.3, 0.4) is 0 Å².